The SMILES string of the molecule is CCN(CC)c1ccc(/C=N/NC(=O)CSc2nnc(SCc3ccc(Cl)cc3)s2)c(O)c1. The molecule has 3 rings (SSSR count). The lowest BCUT2D eigenvalue weighted by atomic mass is 10.2. The van der Waals surface area contributed by atoms with Crippen molar-refractivity contribution in [3.05, 3.63) is 58.6 Å². The van der Waals surface area contributed by atoms with Crippen LogP contribution in [-0.4, -0.2) is 46.3 Å². The average Bonchev–Trinajstić information content (AvgIpc) is 3.27. The number of aromatic nitrogens is 2. The van der Waals surface area contributed by atoms with Crippen LogP contribution in [0.15, 0.2) is 56.2 Å². The highest BCUT2D eigenvalue weighted by Crippen LogP contribution is 2.31. The Kier molecular flexibility index (Phi) is 9.86. The second-order valence-electron chi connectivity index (χ2n) is 6.75. The monoisotopic (exact) mass is 521 g/mol. The number of amides is 1. The molecule has 1 aromatic heterocycles. The smallest absolute Gasteiger partial charge is 0.250 e. The Bertz CT molecular complexity index is 1090. The van der Waals surface area contributed by atoms with Crippen molar-refractivity contribution in [2.45, 2.75) is 28.3 Å². The molecule has 0 atom stereocenters. The van der Waals surface area contributed by atoms with Crippen molar-refractivity contribution < 1.29 is 9.90 Å². The van der Waals surface area contributed by atoms with Crippen LogP contribution in [0.25, 0.3) is 0 Å². The molecule has 11 heteroatoms. The normalized spacial score (nSPS) is 11.1. The van der Waals surface area contributed by atoms with E-state index in [4.69, 9.17) is 11.6 Å². The first-order valence-electron chi connectivity index (χ1n) is 10.2. The third-order valence-corrected chi connectivity index (χ3v) is 8.04. The standard InChI is InChI=1S/C22H24ClN5O2S3/c1-3-28(4-2)18-10-7-16(19(29)11-18)12-24-25-20(30)14-32-22-27-26-21(33-22)31-13-15-5-8-17(23)9-6-15/h5-12,29H,3-4,13-14H2,1-2H3,(H,25,30)/b24-12+. The number of carbonyl (C=O) groups excluding carboxylic acids is 1. The largest absolute Gasteiger partial charge is 0.507 e. The van der Waals surface area contributed by atoms with E-state index in [1.807, 2.05) is 30.3 Å². The van der Waals surface area contributed by atoms with Crippen molar-refractivity contribution in [1.29, 1.82) is 0 Å². The molecule has 0 aliphatic heterocycles. The van der Waals surface area contributed by atoms with Crippen LogP contribution in [0.1, 0.15) is 25.0 Å². The Labute approximate surface area is 210 Å². The Hall–Kier alpha value is -2.27. The zero-order chi connectivity index (χ0) is 23.6. The Morgan fingerprint density at radius 1 is 1.15 bits per heavy atom. The first-order valence-corrected chi connectivity index (χ1v) is 13.4. The van der Waals surface area contributed by atoms with Crippen molar-refractivity contribution in [1.82, 2.24) is 15.6 Å². The molecule has 0 aliphatic rings. The van der Waals surface area contributed by atoms with Crippen LogP contribution in [-0.2, 0) is 10.5 Å². The number of anilines is 1. The number of hydrogen-bond acceptors (Lipinski definition) is 9. The van der Waals surface area contributed by atoms with E-state index >= 15 is 0 Å². The fourth-order valence-corrected chi connectivity index (χ4v) is 5.69. The van der Waals surface area contributed by atoms with Crippen molar-refractivity contribution in [2.75, 3.05) is 23.7 Å². The van der Waals surface area contributed by atoms with Gasteiger partial charge in [-0.15, -0.1) is 10.2 Å². The van der Waals surface area contributed by atoms with Gasteiger partial charge in [0.1, 0.15) is 5.75 Å². The molecule has 0 unspecified atom stereocenters. The number of phenols is 1. The highest BCUT2D eigenvalue weighted by Gasteiger charge is 2.09. The molecular weight excluding hydrogens is 498 g/mol. The zero-order valence-corrected chi connectivity index (χ0v) is 21.4. The van der Waals surface area contributed by atoms with Gasteiger partial charge in [-0.2, -0.15) is 5.10 Å². The Balaban J connectivity index is 1.43. The van der Waals surface area contributed by atoms with Crippen LogP contribution < -0.4 is 10.3 Å². The lowest BCUT2D eigenvalue weighted by Crippen LogP contribution is -2.21. The molecule has 0 fully saturated rings. The van der Waals surface area contributed by atoms with E-state index in [9.17, 15) is 9.90 Å². The molecule has 0 saturated heterocycles. The Morgan fingerprint density at radius 3 is 2.52 bits per heavy atom. The first-order chi connectivity index (χ1) is 16.0. The molecular formula is C22H24ClN5O2S3. The maximum Gasteiger partial charge on any atom is 0.250 e. The molecule has 1 amide bonds. The summed E-state index contributed by atoms with van der Waals surface area (Å²) < 4.78 is 1.56. The lowest BCUT2D eigenvalue weighted by molar-refractivity contribution is -0.118. The summed E-state index contributed by atoms with van der Waals surface area (Å²) in [5.41, 5.74) is 5.10. The second kappa shape index (κ2) is 12.8. The zero-order valence-electron chi connectivity index (χ0n) is 18.2. The third-order valence-electron chi connectivity index (χ3n) is 4.53. The van der Waals surface area contributed by atoms with E-state index < -0.39 is 0 Å². The number of hydrogen-bond donors (Lipinski definition) is 2. The van der Waals surface area contributed by atoms with Crippen molar-refractivity contribution >= 4 is 64.3 Å². The predicted octanol–water partition coefficient (Wildman–Crippen LogP) is 5.28. The summed E-state index contributed by atoms with van der Waals surface area (Å²) >= 11 is 10.2. The molecule has 2 aromatic carbocycles. The van der Waals surface area contributed by atoms with E-state index in [2.05, 4.69) is 39.5 Å². The number of aromatic hydroxyl groups is 1. The highest BCUT2D eigenvalue weighted by atomic mass is 35.5. The summed E-state index contributed by atoms with van der Waals surface area (Å²) in [5.74, 6) is 0.792. The minimum Gasteiger partial charge on any atom is -0.507 e. The minimum absolute atomic E-state index is 0.115. The molecule has 2 N–H and O–H groups in total. The molecule has 0 radical (unpaired) electrons. The quantitative estimate of drug-likeness (QED) is 0.201. The summed E-state index contributed by atoms with van der Waals surface area (Å²) in [6.07, 6.45) is 1.43. The number of rotatable bonds is 11. The summed E-state index contributed by atoms with van der Waals surface area (Å²) in [5, 5.41) is 23.2. The average molecular weight is 522 g/mol. The van der Waals surface area contributed by atoms with Gasteiger partial charge in [0.2, 0.25) is 0 Å². The minimum atomic E-state index is -0.263. The van der Waals surface area contributed by atoms with Crippen molar-refractivity contribution in [2.24, 2.45) is 5.10 Å². The second-order valence-corrected chi connectivity index (χ2v) is 10.6. The number of benzene rings is 2. The number of carbonyl (C=O) groups is 1. The van der Waals surface area contributed by atoms with Gasteiger partial charge in [0.15, 0.2) is 8.68 Å². The number of phenolic OH excluding ortho intramolecular Hbond substituents is 1. The van der Waals surface area contributed by atoms with Crippen LogP contribution in [0.4, 0.5) is 5.69 Å². The third kappa shape index (κ3) is 7.92. The molecule has 0 aliphatic carbocycles. The van der Waals surface area contributed by atoms with Crippen LogP contribution in [0, 0.1) is 0 Å². The molecule has 0 bridgehead atoms. The molecule has 3 aromatic rings. The first kappa shape index (κ1) is 25.4. The molecule has 0 spiro atoms. The predicted molar refractivity (Wildman–Crippen MR) is 139 cm³/mol. The fraction of sp³-hybridized carbons (Fsp3) is 0.273. The van der Waals surface area contributed by atoms with E-state index in [0.29, 0.717) is 10.6 Å². The van der Waals surface area contributed by atoms with E-state index in [1.165, 1.54) is 29.3 Å². The fourth-order valence-electron chi connectivity index (χ4n) is 2.80. The lowest BCUT2D eigenvalue weighted by Gasteiger charge is -2.21. The van der Waals surface area contributed by atoms with Gasteiger partial charge in [0, 0.05) is 41.2 Å². The van der Waals surface area contributed by atoms with Crippen molar-refractivity contribution in [3.8, 4) is 5.75 Å². The van der Waals surface area contributed by atoms with Crippen molar-refractivity contribution in [3.63, 3.8) is 0 Å². The van der Waals surface area contributed by atoms with Gasteiger partial charge in [0.25, 0.3) is 5.91 Å². The van der Waals surface area contributed by atoms with Gasteiger partial charge in [-0.05, 0) is 43.7 Å². The van der Waals surface area contributed by atoms with Crippen LogP contribution in [0.5, 0.6) is 5.75 Å². The summed E-state index contributed by atoms with van der Waals surface area (Å²) in [4.78, 5) is 14.2. The van der Waals surface area contributed by atoms with Gasteiger partial charge in [0.05, 0.1) is 12.0 Å². The summed E-state index contributed by atoms with van der Waals surface area (Å²) in [6.45, 7) is 5.83. The van der Waals surface area contributed by atoms with Gasteiger partial charge in [-0.1, -0.05) is 58.6 Å². The van der Waals surface area contributed by atoms with Gasteiger partial charge in [-0.3, -0.25) is 4.79 Å². The number of nitrogens with zero attached hydrogens (tertiary/aromatic N) is 4. The van der Waals surface area contributed by atoms with E-state index in [-0.39, 0.29) is 17.4 Å². The highest BCUT2D eigenvalue weighted by molar-refractivity contribution is 8.03. The van der Waals surface area contributed by atoms with Gasteiger partial charge < -0.3 is 10.0 Å². The maximum absolute atomic E-state index is 12.1. The van der Waals surface area contributed by atoms with E-state index in [0.717, 1.165) is 38.8 Å². The summed E-state index contributed by atoms with van der Waals surface area (Å²) in [6, 6.07) is 13.1. The maximum atomic E-state index is 12.1. The van der Waals surface area contributed by atoms with E-state index in [1.54, 1.807) is 23.9 Å². The topological polar surface area (TPSA) is 90.7 Å². The van der Waals surface area contributed by atoms with Crippen LogP contribution in [0.2, 0.25) is 5.02 Å². The number of halogens is 1. The summed E-state index contributed by atoms with van der Waals surface area (Å²) in [7, 11) is 0. The molecule has 33 heavy (non-hydrogen) atoms. The van der Waals surface area contributed by atoms with Gasteiger partial charge >= 0.3 is 0 Å². The Morgan fingerprint density at radius 2 is 1.85 bits per heavy atom. The molecule has 1 heterocycles. The van der Waals surface area contributed by atoms with Crippen LogP contribution in [0.3, 0.4) is 0 Å². The molecule has 0 saturated carbocycles. The molecule has 7 nitrogen and oxygen atoms in total. The van der Waals surface area contributed by atoms with Gasteiger partial charge in [-0.25, -0.2) is 5.43 Å². The number of thioether (sulfide) groups is 2. The van der Waals surface area contributed by atoms with Crippen LogP contribution >= 0.6 is 46.5 Å². The molecule has 174 valence electrons. The number of hydrazone groups is 1. The number of nitrogens with one attached hydrogen (secondary N) is 1.